The summed E-state index contributed by atoms with van der Waals surface area (Å²) in [6.07, 6.45) is 53.9. The fraction of sp³-hybridized carbons (Fsp3) is 0.796. The number of carbonyl (C=O) groups is 2. The highest BCUT2D eigenvalue weighted by molar-refractivity contribution is 5.70. The number of allylic oxidation sites excluding steroid dienone is 8. The minimum atomic E-state index is -0.534. The van der Waals surface area contributed by atoms with Gasteiger partial charge in [0.05, 0.1) is 6.61 Å². The smallest absolute Gasteiger partial charge is 0.306 e. The molecule has 0 amide bonds. The number of carbonyl (C=O) groups excluding carboxylic acids is 2. The maximum Gasteiger partial charge on any atom is 0.306 e. The number of ether oxygens (including phenoxy) is 3. The molecule has 0 aromatic heterocycles. The highest BCUT2D eigenvalue weighted by atomic mass is 16.6. The summed E-state index contributed by atoms with van der Waals surface area (Å²) in [4.78, 5) is 25.2. The highest BCUT2D eigenvalue weighted by Gasteiger charge is 2.17. The molecule has 1 atom stereocenters. The molecule has 314 valence electrons. The van der Waals surface area contributed by atoms with E-state index in [-0.39, 0.29) is 25.2 Å². The maximum atomic E-state index is 12.7. The third-order valence-electron chi connectivity index (χ3n) is 9.88. The highest BCUT2D eigenvalue weighted by Crippen LogP contribution is 2.14. The van der Waals surface area contributed by atoms with Crippen LogP contribution in [-0.4, -0.2) is 37.9 Å². The van der Waals surface area contributed by atoms with Gasteiger partial charge in [-0.3, -0.25) is 9.59 Å². The monoisotopic (exact) mass is 757 g/mol. The van der Waals surface area contributed by atoms with E-state index in [1.807, 2.05) is 0 Å². The lowest BCUT2D eigenvalue weighted by atomic mass is 10.1. The lowest BCUT2D eigenvalue weighted by Gasteiger charge is -2.18. The van der Waals surface area contributed by atoms with E-state index in [0.717, 1.165) is 77.0 Å². The van der Waals surface area contributed by atoms with Crippen LogP contribution in [0.3, 0.4) is 0 Å². The zero-order chi connectivity index (χ0) is 39.3. The van der Waals surface area contributed by atoms with Crippen molar-refractivity contribution >= 4 is 11.9 Å². The second-order valence-electron chi connectivity index (χ2n) is 15.3. The van der Waals surface area contributed by atoms with E-state index in [0.29, 0.717) is 19.4 Å². The molecule has 0 spiro atoms. The van der Waals surface area contributed by atoms with Crippen molar-refractivity contribution in [2.24, 2.45) is 0 Å². The third kappa shape index (κ3) is 42.6. The zero-order valence-electron chi connectivity index (χ0n) is 36.0. The van der Waals surface area contributed by atoms with E-state index < -0.39 is 6.10 Å². The Balaban J connectivity index is 4.17. The summed E-state index contributed by atoms with van der Waals surface area (Å²) in [7, 11) is 0. The molecule has 0 rings (SSSR count). The number of hydrogen-bond donors (Lipinski definition) is 0. The number of unbranched alkanes of at least 4 members (excludes halogenated alkanes) is 23. The average Bonchev–Trinajstić information content (AvgIpc) is 3.17. The predicted octanol–water partition coefficient (Wildman–Crippen LogP) is 15.2. The van der Waals surface area contributed by atoms with Crippen molar-refractivity contribution < 1.29 is 23.8 Å². The van der Waals surface area contributed by atoms with E-state index in [4.69, 9.17) is 14.2 Å². The van der Waals surface area contributed by atoms with Gasteiger partial charge in [-0.25, -0.2) is 0 Å². The summed E-state index contributed by atoms with van der Waals surface area (Å²) in [5.41, 5.74) is 0. The van der Waals surface area contributed by atoms with Crippen LogP contribution in [0.5, 0.6) is 0 Å². The Hall–Kier alpha value is -2.14. The molecule has 0 fully saturated rings. The van der Waals surface area contributed by atoms with Crippen molar-refractivity contribution in [3.63, 3.8) is 0 Å². The quantitative estimate of drug-likeness (QED) is 0.0353. The van der Waals surface area contributed by atoms with Crippen LogP contribution < -0.4 is 0 Å². The van der Waals surface area contributed by atoms with Gasteiger partial charge in [-0.2, -0.15) is 0 Å². The van der Waals surface area contributed by atoms with Crippen LogP contribution in [0.25, 0.3) is 0 Å². The second kappa shape index (κ2) is 45.3. The number of rotatable bonds is 42. The fourth-order valence-corrected chi connectivity index (χ4v) is 6.44. The first-order chi connectivity index (χ1) is 26.6. The second-order valence-corrected chi connectivity index (χ2v) is 15.3. The SMILES string of the molecule is CC/C=C\C/C=C\C/C=C\C/C=C\CCCCCCCCC(=O)OCC(COCCCCCCCCCCCC)OC(=O)CCCCCCCCCCC. The Morgan fingerprint density at radius 2 is 0.833 bits per heavy atom. The van der Waals surface area contributed by atoms with E-state index in [1.54, 1.807) is 0 Å². The van der Waals surface area contributed by atoms with Crippen LogP contribution >= 0.6 is 0 Å². The van der Waals surface area contributed by atoms with Crippen molar-refractivity contribution in [3.8, 4) is 0 Å². The van der Waals surface area contributed by atoms with Gasteiger partial charge in [-0.1, -0.05) is 204 Å². The summed E-state index contributed by atoms with van der Waals surface area (Å²) in [6.45, 7) is 7.69. The van der Waals surface area contributed by atoms with E-state index in [1.165, 1.54) is 116 Å². The normalized spacial score (nSPS) is 12.6. The molecule has 5 heteroatoms. The van der Waals surface area contributed by atoms with Gasteiger partial charge in [-0.05, 0) is 57.8 Å². The third-order valence-corrected chi connectivity index (χ3v) is 9.88. The molecule has 0 saturated heterocycles. The summed E-state index contributed by atoms with van der Waals surface area (Å²) in [6, 6.07) is 0. The Morgan fingerprint density at radius 1 is 0.426 bits per heavy atom. The minimum absolute atomic E-state index is 0.0810. The topological polar surface area (TPSA) is 61.8 Å². The molecule has 0 N–H and O–H groups in total. The number of hydrogen-bond acceptors (Lipinski definition) is 5. The maximum absolute atomic E-state index is 12.7. The molecule has 0 aromatic carbocycles. The lowest BCUT2D eigenvalue weighted by molar-refractivity contribution is -0.163. The van der Waals surface area contributed by atoms with E-state index in [9.17, 15) is 9.59 Å². The molecule has 0 radical (unpaired) electrons. The molecule has 0 heterocycles. The average molecular weight is 757 g/mol. The minimum Gasteiger partial charge on any atom is -0.462 e. The van der Waals surface area contributed by atoms with Crippen LogP contribution in [0.2, 0.25) is 0 Å². The zero-order valence-corrected chi connectivity index (χ0v) is 36.0. The van der Waals surface area contributed by atoms with Gasteiger partial charge in [0.2, 0.25) is 0 Å². The van der Waals surface area contributed by atoms with E-state index in [2.05, 4.69) is 69.4 Å². The molecule has 1 unspecified atom stereocenters. The standard InChI is InChI=1S/C49H88O5/c1-4-7-10-13-16-19-21-22-23-24-25-26-27-28-29-31-33-36-39-42-48(50)53-46-47(45-52-44-41-38-35-32-20-17-14-11-8-5-2)54-49(51)43-40-37-34-30-18-15-12-9-6-3/h7,10,16,19,22-23,25-26,47H,4-6,8-9,11-15,17-18,20-21,24,27-46H2,1-3H3/b10-7-,19-16-,23-22-,26-25-. The van der Waals surface area contributed by atoms with Crippen LogP contribution in [0.4, 0.5) is 0 Å². The van der Waals surface area contributed by atoms with Gasteiger partial charge < -0.3 is 14.2 Å². The molecule has 0 saturated carbocycles. The van der Waals surface area contributed by atoms with Crippen LogP contribution in [-0.2, 0) is 23.8 Å². The predicted molar refractivity (Wildman–Crippen MR) is 233 cm³/mol. The Kier molecular flexibility index (Phi) is 43.5. The Morgan fingerprint density at radius 3 is 1.33 bits per heavy atom. The molecule has 0 aliphatic rings. The molecule has 0 bridgehead atoms. The summed E-state index contributed by atoms with van der Waals surface area (Å²) in [5.74, 6) is -0.410. The van der Waals surface area contributed by atoms with E-state index >= 15 is 0 Å². The summed E-state index contributed by atoms with van der Waals surface area (Å²) < 4.78 is 17.3. The summed E-state index contributed by atoms with van der Waals surface area (Å²) in [5, 5.41) is 0. The van der Waals surface area contributed by atoms with Gasteiger partial charge in [-0.15, -0.1) is 0 Å². The van der Waals surface area contributed by atoms with Crippen molar-refractivity contribution in [2.75, 3.05) is 19.8 Å². The van der Waals surface area contributed by atoms with Gasteiger partial charge in [0.1, 0.15) is 6.61 Å². The largest absolute Gasteiger partial charge is 0.462 e. The molecule has 0 aromatic rings. The van der Waals surface area contributed by atoms with Gasteiger partial charge in [0.25, 0.3) is 0 Å². The first-order valence-corrected chi connectivity index (χ1v) is 23.2. The molecule has 0 aliphatic heterocycles. The van der Waals surface area contributed by atoms with Crippen LogP contribution in [0.1, 0.15) is 226 Å². The lowest BCUT2D eigenvalue weighted by Crippen LogP contribution is -2.30. The van der Waals surface area contributed by atoms with Gasteiger partial charge in [0.15, 0.2) is 6.10 Å². The van der Waals surface area contributed by atoms with Gasteiger partial charge in [0, 0.05) is 19.4 Å². The van der Waals surface area contributed by atoms with Crippen molar-refractivity contribution in [3.05, 3.63) is 48.6 Å². The van der Waals surface area contributed by atoms with Crippen LogP contribution in [0.15, 0.2) is 48.6 Å². The van der Waals surface area contributed by atoms with Crippen LogP contribution in [0, 0.1) is 0 Å². The molecular formula is C49H88O5. The molecular weight excluding hydrogens is 669 g/mol. The Bertz CT molecular complexity index is 904. The fourth-order valence-electron chi connectivity index (χ4n) is 6.44. The van der Waals surface area contributed by atoms with Gasteiger partial charge >= 0.3 is 11.9 Å². The van der Waals surface area contributed by atoms with Crippen molar-refractivity contribution in [1.29, 1.82) is 0 Å². The first kappa shape index (κ1) is 51.9. The van der Waals surface area contributed by atoms with Crippen molar-refractivity contribution in [1.82, 2.24) is 0 Å². The summed E-state index contributed by atoms with van der Waals surface area (Å²) >= 11 is 0. The number of esters is 2. The Labute approximate surface area is 335 Å². The van der Waals surface area contributed by atoms with Crippen molar-refractivity contribution in [2.45, 2.75) is 232 Å². The molecule has 5 nitrogen and oxygen atoms in total. The first-order valence-electron chi connectivity index (χ1n) is 23.2. The molecule has 0 aliphatic carbocycles. The molecule has 54 heavy (non-hydrogen) atoms.